The van der Waals surface area contributed by atoms with Gasteiger partial charge in [0.15, 0.2) is 0 Å². The quantitative estimate of drug-likeness (QED) is 0.675. The SMILES string of the molecule is Cn1cc([C@@H]2C[C@H]2C(=O)OCc2coc(-c3ccccc3)n2)cn1. The Balaban J connectivity index is 1.33. The lowest BCUT2D eigenvalue weighted by atomic mass is 10.2. The van der Waals surface area contributed by atoms with Crippen LogP contribution in [0.4, 0.5) is 0 Å². The van der Waals surface area contributed by atoms with Crippen LogP contribution in [0.3, 0.4) is 0 Å². The van der Waals surface area contributed by atoms with E-state index in [1.54, 1.807) is 4.68 Å². The molecule has 1 aromatic carbocycles. The number of aromatic nitrogens is 3. The van der Waals surface area contributed by atoms with Crippen molar-refractivity contribution in [2.45, 2.75) is 18.9 Å². The number of aryl methyl sites for hydroxylation is 1. The fourth-order valence-electron chi connectivity index (χ4n) is 2.79. The molecule has 6 heteroatoms. The summed E-state index contributed by atoms with van der Waals surface area (Å²) in [5, 5.41) is 4.14. The van der Waals surface area contributed by atoms with Crippen LogP contribution in [-0.4, -0.2) is 20.7 Å². The molecule has 2 heterocycles. The number of nitrogens with zero attached hydrogens (tertiary/aromatic N) is 3. The predicted octanol–water partition coefficient (Wildman–Crippen LogP) is 2.92. The van der Waals surface area contributed by atoms with Crippen molar-refractivity contribution in [3.8, 4) is 11.5 Å². The summed E-state index contributed by atoms with van der Waals surface area (Å²) in [7, 11) is 1.87. The summed E-state index contributed by atoms with van der Waals surface area (Å²) in [6.45, 7) is 0.130. The lowest BCUT2D eigenvalue weighted by molar-refractivity contribution is -0.146. The first-order valence-electron chi connectivity index (χ1n) is 7.86. The molecule has 1 aliphatic rings. The molecule has 0 N–H and O–H groups in total. The summed E-state index contributed by atoms with van der Waals surface area (Å²) in [5.74, 6) is 0.493. The Morgan fingerprint density at radius 3 is 2.96 bits per heavy atom. The van der Waals surface area contributed by atoms with Crippen LogP contribution in [0.1, 0.15) is 23.6 Å². The molecule has 1 aliphatic carbocycles. The van der Waals surface area contributed by atoms with Crippen LogP contribution in [0, 0.1) is 5.92 Å². The van der Waals surface area contributed by atoms with Crippen LogP contribution in [0.15, 0.2) is 53.4 Å². The summed E-state index contributed by atoms with van der Waals surface area (Å²) >= 11 is 0. The van der Waals surface area contributed by atoms with E-state index >= 15 is 0 Å². The lowest BCUT2D eigenvalue weighted by Gasteiger charge is -2.01. The Hall–Kier alpha value is -2.89. The summed E-state index contributed by atoms with van der Waals surface area (Å²) in [6.07, 6.45) is 6.10. The molecule has 3 aromatic rings. The van der Waals surface area contributed by atoms with Crippen molar-refractivity contribution in [2.75, 3.05) is 0 Å². The predicted molar refractivity (Wildman–Crippen MR) is 85.8 cm³/mol. The van der Waals surface area contributed by atoms with Gasteiger partial charge in [-0.15, -0.1) is 0 Å². The molecule has 0 radical (unpaired) electrons. The maximum atomic E-state index is 12.1. The highest BCUT2D eigenvalue weighted by Gasteiger charge is 2.45. The molecule has 0 spiro atoms. The van der Waals surface area contributed by atoms with E-state index in [9.17, 15) is 4.79 Å². The second-order valence-corrected chi connectivity index (χ2v) is 6.01. The Kier molecular flexibility index (Phi) is 3.65. The maximum absolute atomic E-state index is 12.1. The van der Waals surface area contributed by atoms with Gasteiger partial charge in [0.1, 0.15) is 18.6 Å². The number of hydrogen-bond donors (Lipinski definition) is 0. The molecule has 122 valence electrons. The monoisotopic (exact) mass is 323 g/mol. The van der Waals surface area contributed by atoms with Crippen molar-refractivity contribution in [1.29, 1.82) is 0 Å². The first-order valence-corrected chi connectivity index (χ1v) is 7.86. The molecule has 0 aliphatic heterocycles. The fraction of sp³-hybridized carbons (Fsp3) is 0.278. The molecule has 0 saturated heterocycles. The summed E-state index contributed by atoms with van der Waals surface area (Å²) in [4.78, 5) is 16.5. The third kappa shape index (κ3) is 2.95. The average Bonchev–Trinajstić information content (AvgIpc) is 3.05. The Labute approximate surface area is 139 Å². The molecule has 6 nitrogen and oxygen atoms in total. The minimum Gasteiger partial charge on any atom is -0.459 e. The Bertz CT molecular complexity index is 853. The minimum absolute atomic E-state index is 0.0744. The summed E-state index contributed by atoms with van der Waals surface area (Å²) in [5.41, 5.74) is 2.60. The number of benzene rings is 1. The summed E-state index contributed by atoms with van der Waals surface area (Å²) < 4.78 is 12.6. The molecular weight excluding hydrogens is 306 g/mol. The first kappa shape index (κ1) is 14.7. The van der Waals surface area contributed by atoms with Crippen molar-refractivity contribution in [3.05, 3.63) is 60.2 Å². The number of ether oxygens (including phenoxy) is 1. The molecule has 1 saturated carbocycles. The van der Waals surface area contributed by atoms with Gasteiger partial charge in [0, 0.05) is 24.7 Å². The minimum atomic E-state index is -0.187. The number of esters is 1. The first-order chi connectivity index (χ1) is 11.7. The fourth-order valence-corrected chi connectivity index (χ4v) is 2.79. The number of carbonyl (C=O) groups is 1. The van der Waals surface area contributed by atoms with Crippen LogP contribution in [0.25, 0.3) is 11.5 Å². The van der Waals surface area contributed by atoms with Gasteiger partial charge in [-0.1, -0.05) is 18.2 Å². The third-order valence-corrected chi connectivity index (χ3v) is 4.18. The van der Waals surface area contributed by atoms with E-state index in [0.717, 1.165) is 17.5 Å². The molecule has 2 atom stereocenters. The highest BCUT2D eigenvalue weighted by atomic mass is 16.5. The van der Waals surface area contributed by atoms with Crippen molar-refractivity contribution in [3.63, 3.8) is 0 Å². The van der Waals surface area contributed by atoms with E-state index in [-0.39, 0.29) is 24.4 Å². The van der Waals surface area contributed by atoms with E-state index in [0.29, 0.717) is 11.6 Å². The normalized spacial score (nSPS) is 19.2. The molecule has 1 fully saturated rings. The number of oxazole rings is 1. The van der Waals surface area contributed by atoms with Crippen LogP contribution < -0.4 is 0 Å². The van der Waals surface area contributed by atoms with E-state index in [2.05, 4.69) is 10.1 Å². The van der Waals surface area contributed by atoms with Crippen molar-refractivity contribution in [2.24, 2.45) is 13.0 Å². The van der Waals surface area contributed by atoms with Gasteiger partial charge < -0.3 is 9.15 Å². The van der Waals surface area contributed by atoms with Gasteiger partial charge in [0.05, 0.1) is 12.1 Å². The van der Waals surface area contributed by atoms with Gasteiger partial charge in [-0.3, -0.25) is 9.48 Å². The average molecular weight is 323 g/mol. The van der Waals surface area contributed by atoms with Crippen LogP contribution in [-0.2, 0) is 23.2 Å². The zero-order chi connectivity index (χ0) is 16.5. The van der Waals surface area contributed by atoms with Gasteiger partial charge in [-0.05, 0) is 24.1 Å². The van der Waals surface area contributed by atoms with Crippen molar-refractivity contribution >= 4 is 5.97 Å². The zero-order valence-corrected chi connectivity index (χ0v) is 13.3. The van der Waals surface area contributed by atoms with Crippen LogP contribution in [0.5, 0.6) is 0 Å². The van der Waals surface area contributed by atoms with Crippen molar-refractivity contribution < 1.29 is 13.9 Å². The molecule has 0 amide bonds. The number of hydrogen-bond acceptors (Lipinski definition) is 5. The molecule has 24 heavy (non-hydrogen) atoms. The van der Waals surface area contributed by atoms with Gasteiger partial charge in [-0.25, -0.2) is 4.98 Å². The van der Waals surface area contributed by atoms with Gasteiger partial charge in [0.25, 0.3) is 0 Å². The molecule has 4 rings (SSSR count). The largest absolute Gasteiger partial charge is 0.459 e. The zero-order valence-electron chi connectivity index (χ0n) is 13.3. The molecular formula is C18H17N3O3. The van der Waals surface area contributed by atoms with Gasteiger partial charge in [0.2, 0.25) is 5.89 Å². The molecule has 2 aromatic heterocycles. The standard InChI is InChI=1S/C18H17N3O3/c1-21-9-13(8-19-21)15-7-16(15)18(22)24-11-14-10-23-17(20-14)12-5-3-2-4-6-12/h2-6,8-10,15-16H,7,11H2,1H3/t15-,16+/m0/s1. The number of rotatable bonds is 5. The smallest absolute Gasteiger partial charge is 0.309 e. The van der Waals surface area contributed by atoms with Gasteiger partial charge in [-0.2, -0.15) is 5.10 Å². The van der Waals surface area contributed by atoms with Crippen LogP contribution in [0.2, 0.25) is 0 Å². The Morgan fingerprint density at radius 1 is 1.38 bits per heavy atom. The highest BCUT2D eigenvalue weighted by Crippen LogP contribution is 2.48. The second kappa shape index (κ2) is 5.96. The number of carbonyl (C=O) groups excluding carboxylic acids is 1. The summed E-state index contributed by atoms with van der Waals surface area (Å²) in [6, 6.07) is 9.62. The van der Waals surface area contributed by atoms with E-state index < -0.39 is 0 Å². The highest BCUT2D eigenvalue weighted by molar-refractivity contribution is 5.77. The lowest BCUT2D eigenvalue weighted by Crippen LogP contribution is -2.08. The molecule has 0 unspecified atom stereocenters. The van der Waals surface area contributed by atoms with Crippen molar-refractivity contribution in [1.82, 2.24) is 14.8 Å². The van der Waals surface area contributed by atoms with E-state index in [1.807, 2.05) is 49.8 Å². The van der Waals surface area contributed by atoms with E-state index in [4.69, 9.17) is 9.15 Å². The Morgan fingerprint density at radius 2 is 2.21 bits per heavy atom. The molecule has 0 bridgehead atoms. The third-order valence-electron chi connectivity index (χ3n) is 4.18. The van der Waals surface area contributed by atoms with Crippen LogP contribution >= 0.6 is 0 Å². The maximum Gasteiger partial charge on any atom is 0.309 e. The topological polar surface area (TPSA) is 70.2 Å². The second-order valence-electron chi connectivity index (χ2n) is 6.01. The van der Waals surface area contributed by atoms with E-state index in [1.165, 1.54) is 6.26 Å². The van der Waals surface area contributed by atoms with Gasteiger partial charge >= 0.3 is 5.97 Å².